The summed E-state index contributed by atoms with van der Waals surface area (Å²) in [5, 5.41) is 12.3. The third-order valence-electron chi connectivity index (χ3n) is 1.35. The number of ether oxygens (including phenoxy) is 1. The van der Waals surface area contributed by atoms with Crippen molar-refractivity contribution in [3.63, 3.8) is 0 Å². The summed E-state index contributed by atoms with van der Waals surface area (Å²) in [6.45, 7) is -0.127. The minimum absolute atomic E-state index is 0.127. The quantitative estimate of drug-likeness (QED) is 0.631. The van der Waals surface area contributed by atoms with E-state index in [0.29, 0.717) is 0 Å². The van der Waals surface area contributed by atoms with E-state index in [9.17, 15) is 9.59 Å². The van der Waals surface area contributed by atoms with Crippen LogP contribution >= 0.6 is 0 Å². The summed E-state index contributed by atoms with van der Waals surface area (Å²) >= 11 is 0. The normalized spacial score (nSPS) is 12.0. The van der Waals surface area contributed by atoms with E-state index in [1.807, 2.05) is 0 Å². The van der Waals surface area contributed by atoms with Crippen molar-refractivity contribution in [2.24, 2.45) is 5.73 Å². The van der Waals surface area contributed by atoms with Crippen LogP contribution in [0.4, 0.5) is 4.79 Å². The van der Waals surface area contributed by atoms with Gasteiger partial charge in [-0.15, -0.1) is 0 Å². The average molecular weight is 200 g/mol. The molecule has 0 fully saturated rings. The van der Waals surface area contributed by atoms with Crippen LogP contribution in [0.25, 0.3) is 0 Å². The van der Waals surface area contributed by atoms with Gasteiger partial charge in [0.15, 0.2) is 0 Å². The van der Waals surface area contributed by atoms with Gasteiger partial charge in [0.1, 0.15) is 12.7 Å². The molecule has 0 saturated carbocycles. The van der Waals surface area contributed by atoms with Gasteiger partial charge < -0.3 is 15.6 Å². The predicted molar refractivity (Wildman–Crippen MR) is 42.1 cm³/mol. The van der Waals surface area contributed by atoms with Gasteiger partial charge in [-0.1, -0.05) is 0 Å². The third kappa shape index (κ3) is 2.73. The summed E-state index contributed by atoms with van der Waals surface area (Å²) in [7, 11) is 0. The van der Waals surface area contributed by atoms with Crippen molar-refractivity contribution < 1.29 is 19.4 Å². The number of rotatable bonds is 4. The van der Waals surface area contributed by atoms with Crippen LogP contribution in [0.5, 0.6) is 0 Å². The number of carboxylic acid groups (broad SMARTS) is 1. The van der Waals surface area contributed by atoms with E-state index in [0.717, 1.165) is 0 Å². The Bertz CT molecular complexity index is 323. The van der Waals surface area contributed by atoms with Gasteiger partial charge in [0.2, 0.25) is 6.10 Å². The second kappa shape index (κ2) is 4.21. The summed E-state index contributed by atoms with van der Waals surface area (Å²) < 4.78 is 5.56. The molecular weight excluding hydrogens is 192 g/mol. The highest BCUT2D eigenvalue weighted by atomic mass is 16.6. The fraction of sp³-hybridized carbons (Fsp3) is 0.333. The number of nitrogens with two attached hydrogens (primary N) is 1. The molecule has 0 unspecified atom stereocenters. The molecule has 1 aromatic rings. The van der Waals surface area contributed by atoms with Gasteiger partial charge in [-0.3, -0.25) is 0 Å². The smallest absolute Gasteiger partial charge is 0.405 e. The van der Waals surface area contributed by atoms with Crippen LogP contribution < -0.4 is 5.73 Å². The van der Waals surface area contributed by atoms with Crippen molar-refractivity contribution in [2.45, 2.75) is 12.6 Å². The maximum Gasteiger partial charge on any atom is 0.405 e. The van der Waals surface area contributed by atoms with Gasteiger partial charge in [0.25, 0.3) is 0 Å². The lowest BCUT2D eigenvalue weighted by Crippen LogP contribution is -2.33. The highest BCUT2D eigenvalue weighted by Crippen LogP contribution is 1.96. The number of primary amides is 1. The van der Waals surface area contributed by atoms with Gasteiger partial charge in [-0.25, -0.2) is 19.3 Å². The van der Waals surface area contributed by atoms with Crippen LogP contribution in [0.3, 0.4) is 0 Å². The molecule has 76 valence electrons. The van der Waals surface area contributed by atoms with E-state index >= 15 is 0 Å². The molecule has 3 N–H and O–H groups in total. The van der Waals surface area contributed by atoms with E-state index in [-0.39, 0.29) is 6.54 Å². The Morgan fingerprint density at radius 1 is 1.64 bits per heavy atom. The number of amides is 1. The van der Waals surface area contributed by atoms with Gasteiger partial charge in [-0.05, 0) is 0 Å². The topological polar surface area (TPSA) is 120 Å². The van der Waals surface area contributed by atoms with Crippen LogP contribution in [0, 0.1) is 0 Å². The molecule has 0 spiro atoms. The fourth-order valence-electron chi connectivity index (χ4n) is 0.803. The molecule has 0 bridgehead atoms. The molecule has 0 aliphatic carbocycles. The molecule has 1 rings (SSSR count). The van der Waals surface area contributed by atoms with Crippen LogP contribution in [-0.4, -0.2) is 38.0 Å². The van der Waals surface area contributed by atoms with E-state index in [1.165, 1.54) is 17.3 Å². The summed E-state index contributed by atoms with van der Waals surface area (Å²) in [6.07, 6.45) is 0.0513. The number of aromatic nitrogens is 3. The maximum absolute atomic E-state index is 10.6. The van der Waals surface area contributed by atoms with Crippen molar-refractivity contribution in [3.8, 4) is 0 Å². The van der Waals surface area contributed by atoms with Gasteiger partial charge >= 0.3 is 12.1 Å². The Morgan fingerprint density at radius 3 is 2.79 bits per heavy atom. The highest BCUT2D eigenvalue weighted by Gasteiger charge is 2.21. The second-order valence-corrected chi connectivity index (χ2v) is 2.38. The van der Waals surface area contributed by atoms with E-state index < -0.39 is 18.2 Å². The number of carbonyl (C=O) groups is 2. The molecule has 8 heteroatoms. The van der Waals surface area contributed by atoms with E-state index in [4.69, 9.17) is 10.8 Å². The molecule has 1 amide bonds. The van der Waals surface area contributed by atoms with Crippen molar-refractivity contribution in [1.29, 1.82) is 0 Å². The monoisotopic (exact) mass is 200 g/mol. The highest BCUT2D eigenvalue weighted by molar-refractivity contribution is 5.76. The van der Waals surface area contributed by atoms with Crippen LogP contribution in [0.2, 0.25) is 0 Å². The first-order valence-corrected chi connectivity index (χ1v) is 3.61. The lowest BCUT2D eigenvalue weighted by molar-refractivity contribution is -0.147. The Kier molecular flexibility index (Phi) is 3.00. The molecular formula is C6H8N4O4. The first-order chi connectivity index (χ1) is 6.59. The number of nitrogens with zero attached hydrogens (tertiary/aromatic N) is 3. The number of aliphatic carboxylic acids is 1. The lowest BCUT2D eigenvalue weighted by Gasteiger charge is -2.10. The van der Waals surface area contributed by atoms with Gasteiger partial charge in [0, 0.05) is 0 Å². The zero-order valence-electron chi connectivity index (χ0n) is 7.03. The lowest BCUT2D eigenvalue weighted by atomic mass is 10.3. The van der Waals surface area contributed by atoms with Crippen LogP contribution in [0.15, 0.2) is 12.7 Å². The Hall–Kier alpha value is -2.12. The molecule has 0 aliphatic rings. The molecule has 1 heterocycles. The number of carbonyl (C=O) groups excluding carboxylic acids is 1. The second-order valence-electron chi connectivity index (χ2n) is 2.38. The summed E-state index contributed by atoms with van der Waals surface area (Å²) in [6, 6.07) is 0. The van der Waals surface area contributed by atoms with Gasteiger partial charge in [0.05, 0.1) is 6.54 Å². The first-order valence-electron chi connectivity index (χ1n) is 3.61. The molecule has 8 nitrogen and oxygen atoms in total. The Labute approximate surface area is 78.3 Å². The minimum Gasteiger partial charge on any atom is -0.478 e. The van der Waals surface area contributed by atoms with Crippen LogP contribution in [-0.2, 0) is 16.1 Å². The maximum atomic E-state index is 10.6. The summed E-state index contributed by atoms with van der Waals surface area (Å²) in [4.78, 5) is 24.5. The zero-order valence-corrected chi connectivity index (χ0v) is 7.03. The first kappa shape index (κ1) is 9.96. The average Bonchev–Trinajstić information content (AvgIpc) is 2.54. The fourth-order valence-corrected chi connectivity index (χ4v) is 0.803. The largest absolute Gasteiger partial charge is 0.478 e. The Balaban J connectivity index is 2.60. The van der Waals surface area contributed by atoms with Crippen molar-refractivity contribution >= 4 is 12.1 Å². The Morgan fingerprint density at radius 2 is 2.36 bits per heavy atom. The van der Waals surface area contributed by atoms with Gasteiger partial charge in [-0.2, -0.15) is 5.10 Å². The summed E-state index contributed by atoms with van der Waals surface area (Å²) in [5.41, 5.74) is 4.69. The SMILES string of the molecule is NC(=O)O[C@H](Cn1cncn1)C(=O)O. The van der Waals surface area contributed by atoms with Crippen molar-refractivity contribution in [2.75, 3.05) is 0 Å². The number of hydrogen-bond donors (Lipinski definition) is 2. The third-order valence-corrected chi connectivity index (χ3v) is 1.35. The van der Waals surface area contributed by atoms with Crippen molar-refractivity contribution in [3.05, 3.63) is 12.7 Å². The summed E-state index contributed by atoms with van der Waals surface area (Å²) in [5.74, 6) is -1.29. The molecule has 0 saturated heterocycles. The standard InChI is InChI=1S/C6H8N4O4/c7-6(13)14-4(5(11)12)1-10-3-8-2-9-10/h2-4H,1H2,(H2,7,13)(H,11,12)/t4-/m1/s1. The molecule has 1 atom stereocenters. The van der Waals surface area contributed by atoms with E-state index in [1.54, 1.807) is 0 Å². The molecule has 1 aromatic heterocycles. The molecule has 14 heavy (non-hydrogen) atoms. The number of hydrogen-bond acceptors (Lipinski definition) is 5. The van der Waals surface area contributed by atoms with Crippen LogP contribution in [0.1, 0.15) is 0 Å². The van der Waals surface area contributed by atoms with Crippen molar-refractivity contribution in [1.82, 2.24) is 14.8 Å². The number of carboxylic acids is 1. The molecule has 0 aliphatic heterocycles. The minimum atomic E-state index is -1.35. The predicted octanol–water partition coefficient (Wildman–Crippen LogP) is -1.17. The zero-order chi connectivity index (χ0) is 10.6. The molecule has 0 aromatic carbocycles. The van der Waals surface area contributed by atoms with E-state index in [2.05, 4.69) is 14.8 Å². The molecule has 0 radical (unpaired) electrons.